The highest BCUT2D eigenvalue weighted by Gasteiger charge is 2.28. The molecule has 1 unspecified atom stereocenters. The van der Waals surface area contributed by atoms with Gasteiger partial charge in [-0.25, -0.2) is 4.39 Å². The Bertz CT molecular complexity index is 961. The molecule has 0 nitrogen and oxygen atoms in total. The van der Waals surface area contributed by atoms with Crippen LogP contribution in [-0.4, -0.2) is 0 Å². The van der Waals surface area contributed by atoms with E-state index in [1.165, 1.54) is 62.5 Å². The lowest BCUT2D eigenvalue weighted by Gasteiger charge is -2.35. The Kier molecular flexibility index (Phi) is 7.89. The van der Waals surface area contributed by atoms with Gasteiger partial charge in [-0.3, -0.25) is 0 Å². The van der Waals surface area contributed by atoms with Gasteiger partial charge < -0.3 is 0 Å². The third-order valence-corrected chi connectivity index (χ3v) is 8.29. The van der Waals surface area contributed by atoms with E-state index in [2.05, 4.69) is 37.3 Å². The fourth-order valence-corrected chi connectivity index (χ4v) is 5.89. The first kappa shape index (κ1) is 23.3. The largest absolute Gasteiger partial charge is 0.205 e. The fraction of sp³-hybridized carbons (Fsp3) is 0.467. The van der Waals surface area contributed by atoms with Gasteiger partial charge in [-0.15, -0.1) is 0 Å². The second-order valence-electron chi connectivity index (χ2n) is 9.83. The van der Waals surface area contributed by atoms with Gasteiger partial charge in [-0.1, -0.05) is 79.1 Å². The van der Waals surface area contributed by atoms with Gasteiger partial charge in [0.1, 0.15) is 5.82 Å². The topological polar surface area (TPSA) is 0 Å². The van der Waals surface area contributed by atoms with E-state index in [-0.39, 0.29) is 10.8 Å². The van der Waals surface area contributed by atoms with Crippen molar-refractivity contribution in [3.05, 3.63) is 76.6 Å². The zero-order valence-corrected chi connectivity index (χ0v) is 20.3. The van der Waals surface area contributed by atoms with Crippen LogP contribution in [0.5, 0.6) is 0 Å². The maximum atomic E-state index is 14.6. The highest BCUT2D eigenvalue weighted by Crippen LogP contribution is 2.42. The van der Waals surface area contributed by atoms with Crippen molar-refractivity contribution in [2.24, 2.45) is 17.8 Å². The summed E-state index contributed by atoms with van der Waals surface area (Å²) in [5, 5.41) is 0.222. The fourth-order valence-electron chi connectivity index (χ4n) is 5.72. The van der Waals surface area contributed by atoms with E-state index in [0.29, 0.717) is 5.56 Å². The summed E-state index contributed by atoms with van der Waals surface area (Å²) in [6.45, 7) is 3.95. The summed E-state index contributed by atoms with van der Waals surface area (Å²) in [5.74, 6) is 2.40. The van der Waals surface area contributed by atoms with Crippen LogP contribution in [-0.2, 0) is 0 Å². The summed E-state index contributed by atoms with van der Waals surface area (Å²) in [6.07, 6.45) is 19.0. The second-order valence-corrected chi connectivity index (χ2v) is 10.2. The summed E-state index contributed by atoms with van der Waals surface area (Å²) >= 11 is 6.11. The molecule has 0 saturated heterocycles. The number of hydrogen-bond acceptors (Lipinski definition) is 0. The number of allylic oxidation sites excluding steroid dienone is 4. The zero-order chi connectivity index (χ0) is 22.5. The molecule has 0 spiro atoms. The summed E-state index contributed by atoms with van der Waals surface area (Å²) < 4.78 is 14.6. The quantitative estimate of drug-likeness (QED) is 0.384. The molecule has 4 rings (SSSR count). The van der Waals surface area contributed by atoms with Crippen molar-refractivity contribution in [1.82, 2.24) is 0 Å². The molecule has 2 aliphatic carbocycles. The van der Waals surface area contributed by atoms with Crippen molar-refractivity contribution in [3.63, 3.8) is 0 Å². The first-order valence-corrected chi connectivity index (χ1v) is 12.8. The van der Waals surface area contributed by atoms with Gasteiger partial charge in [0.05, 0.1) is 5.02 Å². The van der Waals surface area contributed by atoms with Crippen LogP contribution in [0.25, 0.3) is 16.7 Å². The molecule has 0 radical (unpaired) electrons. The minimum absolute atomic E-state index is 0.222. The van der Waals surface area contributed by atoms with Gasteiger partial charge in [0.2, 0.25) is 0 Å². The van der Waals surface area contributed by atoms with Crippen LogP contribution in [0.2, 0.25) is 5.02 Å². The van der Waals surface area contributed by atoms with E-state index < -0.39 is 0 Å². The summed E-state index contributed by atoms with van der Waals surface area (Å²) in [6, 6.07) is 12.1. The smallest absolute Gasteiger partial charge is 0.149 e. The molecule has 2 aromatic rings. The Morgan fingerprint density at radius 1 is 0.938 bits per heavy atom. The Labute approximate surface area is 198 Å². The Morgan fingerprint density at radius 3 is 2.31 bits per heavy atom. The molecule has 2 aromatic carbocycles. The van der Waals surface area contributed by atoms with E-state index in [1.807, 2.05) is 31.2 Å². The van der Waals surface area contributed by atoms with Gasteiger partial charge in [0, 0.05) is 5.56 Å². The summed E-state index contributed by atoms with van der Waals surface area (Å²) in [5.41, 5.74) is 4.96. The number of halogens is 2. The molecule has 170 valence electrons. The number of aryl methyl sites for hydroxylation is 1. The van der Waals surface area contributed by atoms with Crippen molar-refractivity contribution in [1.29, 1.82) is 0 Å². The SMILES string of the molecule is CC=CCCC1CCC(C2CC=C(c3ccc(-c4ccc(C)c(Cl)c4F)cc3)CC2)CC1. The van der Waals surface area contributed by atoms with Crippen molar-refractivity contribution in [3.8, 4) is 11.1 Å². The van der Waals surface area contributed by atoms with Crippen molar-refractivity contribution in [2.45, 2.75) is 71.6 Å². The van der Waals surface area contributed by atoms with E-state index in [1.54, 1.807) is 0 Å². The minimum atomic E-state index is -0.323. The Morgan fingerprint density at radius 2 is 1.66 bits per heavy atom. The van der Waals surface area contributed by atoms with E-state index in [4.69, 9.17) is 11.6 Å². The zero-order valence-electron chi connectivity index (χ0n) is 19.5. The monoisotopic (exact) mass is 450 g/mol. The first-order chi connectivity index (χ1) is 15.6. The minimum Gasteiger partial charge on any atom is -0.205 e. The van der Waals surface area contributed by atoms with Crippen LogP contribution in [0, 0.1) is 30.5 Å². The third-order valence-electron chi connectivity index (χ3n) is 7.83. The second kappa shape index (κ2) is 10.8. The van der Waals surface area contributed by atoms with Crippen molar-refractivity contribution in [2.75, 3.05) is 0 Å². The molecule has 0 heterocycles. The van der Waals surface area contributed by atoms with Crippen LogP contribution in [0.15, 0.2) is 54.6 Å². The first-order valence-electron chi connectivity index (χ1n) is 12.4. The lowest BCUT2D eigenvalue weighted by molar-refractivity contribution is 0.190. The maximum absolute atomic E-state index is 14.6. The van der Waals surface area contributed by atoms with Gasteiger partial charge in [0.15, 0.2) is 0 Å². The van der Waals surface area contributed by atoms with Crippen LogP contribution in [0.3, 0.4) is 0 Å². The molecule has 0 aromatic heterocycles. The molecular formula is C30H36ClF. The van der Waals surface area contributed by atoms with Crippen LogP contribution in [0.1, 0.15) is 75.8 Å². The van der Waals surface area contributed by atoms with Gasteiger partial charge >= 0.3 is 0 Å². The molecule has 0 N–H and O–H groups in total. The summed E-state index contributed by atoms with van der Waals surface area (Å²) in [4.78, 5) is 0. The average molecular weight is 451 g/mol. The summed E-state index contributed by atoms with van der Waals surface area (Å²) in [7, 11) is 0. The van der Waals surface area contributed by atoms with E-state index in [9.17, 15) is 4.39 Å². The number of rotatable bonds is 6. The number of hydrogen-bond donors (Lipinski definition) is 0. The van der Waals surface area contributed by atoms with E-state index >= 15 is 0 Å². The van der Waals surface area contributed by atoms with Crippen LogP contribution < -0.4 is 0 Å². The predicted molar refractivity (Wildman–Crippen MR) is 136 cm³/mol. The Balaban J connectivity index is 1.34. The molecule has 2 heteroatoms. The normalized spacial score (nSPS) is 24.0. The molecule has 0 bridgehead atoms. The molecule has 1 atom stereocenters. The number of benzene rings is 2. The molecular weight excluding hydrogens is 415 g/mol. The van der Waals surface area contributed by atoms with Crippen molar-refractivity contribution >= 4 is 17.2 Å². The third kappa shape index (κ3) is 5.37. The lowest BCUT2D eigenvalue weighted by Crippen LogP contribution is -2.23. The molecule has 0 amide bonds. The average Bonchev–Trinajstić information content (AvgIpc) is 2.84. The molecule has 0 aliphatic heterocycles. The highest BCUT2D eigenvalue weighted by molar-refractivity contribution is 6.31. The van der Waals surface area contributed by atoms with Gasteiger partial charge in [0.25, 0.3) is 0 Å². The Hall–Kier alpha value is -1.86. The molecule has 1 fully saturated rings. The molecule has 32 heavy (non-hydrogen) atoms. The standard InChI is InChI=1S/C30H36ClF/c1-3-4-5-6-22-8-10-23(11-9-22)24-12-14-25(15-13-24)26-16-18-27(19-17-26)28-20-7-21(2)29(31)30(28)32/h3-4,7,14,16-20,22-24H,5-6,8-13,15H2,1-2H3. The lowest BCUT2D eigenvalue weighted by atomic mass is 9.70. The maximum Gasteiger partial charge on any atom is 0.149 e. The van der Waals surface area contributed by atoms with Crippen LogP contribution in [0.4, 0.5) is 4.39 Å². The molecule has 1 saturated carbocycles. The van der Waals surface area contributed by atoms with Crippen molar-refractivity contribution < 1.29 is 4.39 Å². The van der Waals surface area contributed by atoms with Gasteiger partial charge in [-0.2, -0.15) is 0 Å². The van der Waals surface area contributed by atoms with Gasteiger partial charge in [-0.05, 0) is 98.8 Å². The van der Waals surface area contributed by atoms with E-state index in [0.717, 1.165) is 35.3 Å². The molecule has 2 aliphatic rings. The predicted octanol–water partition coefficient (Wildman–Crippen LogP) is 9.80. The van der Waals surface area contributed by atoms with Crippen LogP contribution >= 0.6 is 11.6 Å². The highest BCUT2D eigenvalue weighted by atomic mass is 35.5.